The van der Waals surface area contributed by atoms with Crippen LogP contribution >= 0.6 is 0 Å². The highest BCUT2D eigenvalue weighted by atomic mass is 16.5. The number of nitrogens with one attached hydrogen (secondary N) is 1. The van der Waals surface area contributed by atoms with Gasteiger partial charge in [0.25, 0.3) is 5.91 Å². The SMILES string of the molecule is COCc1c(C(=O)Nc2ccc(C(C)C)cc2)nnn1-c1cccc(C)c1. The Morgan fingerprint density at radius 1 is 1.19 bits per heavy atom. The largest absolute Gasteiger partial charge is 0.378 e. The first-order chi connectivity index (χ1) is 13.0. The Bertz CT molecular complexity index is 930. The highest BCUT2D eigenvalue weighted by Gasteiger charge is 2.21. The fourth-order valence-electron chi connectivity index (χ4n) is 2.85. The van der Waals surface area contributed by atoms with E-state index in [9.17, 15) is 4.79 Å². The Kier molecular flexibility index (Phi) is 5.66. The van der Waals surface area contributed by atoms with Crippen molar-refractivity contribution in [2.24, 2.45) is 0 Å². The molecule has 140 valence electrons. The third kappa shape index (κ3) is 4.23. The van der Waals surface area contributed by atoms with Crippen molar-refractivity contribution in [1.29, 1.82) is 0 Å². The molecule has 1 N–H and O–H groups in total. The number of aromatic nitrogens is 3. The smallest absolute Gasteiger partial charge is 0.278 e. The zero-order valence-corrected chi connectivity index (χ0v) is 16.1. The normalized spacial score (nSPS) is 11.0. The summed E-state index contributed by atoms with van der Waals surface area (Å²) in [7, 11) is 1.58. The molecule has 0 unspecified atom stereocenters. The first-order valence-corrected chi connectivity index (χ1v) is 8.91. The maximum Gasteiger partial charge on any atom is 0.278 e. The van der Waals surface area contributed by atoms with E-state index in [1.807, 2.05) is 55.5 Å². The number of ether oxygens (including phenoxy) is 1. The van der Waals surface area contributed by atoms with Crippen LogP contribution in [0, 0.1) is 6.92 Å². The first-order valence-electron chi connectivity index (χ1n) is 8.91. The zero-order chi connectivity index (χ0) is 19.4. The lowest BCUT2D eigenvalue weighted by molar-refractivity contribution is 0.101. The number of amides is 1. The van der Waals surface area contributed by atoms with Crippen molar-refractivity contribution in [2.75, 3.05) is 12.4 Å². The minimum Gasteiger partial charge on any atom is -0.378 e. The summed E-state index contributed by atoms with van der Waals surface area (Å²) in [6, 6.07) is 15.7. The second kappa shape index (κ2) is 8.14. The van der Waals surface area contributed by atoms with E-state index in [1.54, 1.807) is 11.8 Å². The van der Waals surface area contributed by atoms with Gasteiger partial charge in [0.2, 0.25) is 0 Å². The molecule has 1 aromatic heterocycles. The molecule has 0 saturated carbocycles. The maximum atomic E-state index is 12.8. The van der Waals surface area contributed by atoms with Gasteiger partial charge in [-0.15, -0.1) is 5.10 Å². The number of anilines is 1. The fourth-order valence-corrected chi connectivity index (χ4v) is 2.85. The number of carbonyl (C=O) groups excluding carboxylic acids is 1. The highest BCUT2D eigenvalue weighted by Crippen LogP contribution is 2.19. The fraction of sp³-hybridized carbons (Fsp3) is 0.286. The van der Waals surface area contributed by atoms with Crippen molar-refractivity contribution >= 4 is 11.6 Å². The Balaban J connectivity index is 1.88. The van der Waals surface area contributed by atoms with Crippen LogP contribution < -0.4 is 5.32 Å². The minimum absolute atomic E-state index is 0.232. The van der Waals surface area contributed by atoms with E-state index in [-0.39, 0.29) is 18.2 Å². The van der Waals surface area contributed by atoms with E-state index in [1.165, 1.54) is 5.56 Å². The number of nitrogens with zero attached hydrogens (tertiary/aromatic N) is 3. The molecule has 27 heavy (non-hydrogen) atoms. The Hall–Kier alpha value is -2.99. The second-order valence-electron chi connectivity index (χ2n) is 6.80. The van der Waals surface area contributed by atoms with E-state index in [0.29, 0.717) is 11.6 Å². The van der Waals surface area contributed by atoms with Crippen LogP contribution in [0.2, 0.25) is 0 Å². The van der Waals surface area contributed by atoms with Crippen LogP contribution in [0.4, 0.5) is 5.69 Å². The molecule has 0 spiro atoms. The first kappa shape index (κ1) is 18.8. The lowest BCUT2D eigenvalue weighted by atomic mass is 10.0. The van der Waals surface area contributed by atoms with Gasteiger partial charge in [-0.2, -0.15) is 0 Å². The van der Waals surface area contributed by atoms with Gasteiger partial charge in [-0.1, -0.05) is 43.3 Å². The lowest BCUT2D eigenvalue weighted by Gasteiger charge is -2.09. The number of hydrogen-bond donors (Lipinski definition) is 1. The average Bonchev–Trinajstić information content (AvgIpc) is 3.06. The predicted octanol–water partition coefficient (Wildman–Crippen LogP) is 4.10. The van der Waals surface area contributed by atoms with Gasteiger partial charge in [0.05, 0.1) is 12.3 Å². The maximum absolute atomic E-state index is 12.8. The van der Waals surface area contributed by atoms with Gasteiger partial charge in [-0.05, 0) is 48.2 Å². The molecule has 0 saturated heterocycles. The number of benzene rings is 2. The van der Waals surface area contributed by atoms with Crippen molar-refractivity contribution in [3.63, 3.8) is 0 Å². The number of methoxy groups -OCH3 is 1. The molecule has 1 amide bonds. The van der Waals surface area contributed by atoms with E-state index in [0.717, 1.165) is 16.9 Å². The van der Waals surface area contributed by atoms with Gasteiger partial charge in [-0.3, -0.25) is 4.79 Å². The summed E-state index contributed by atoms with van der Waals surface area (Å²) in [5.41, 5.74) is 4.75. The van der Waals surface area contributed by atoms with Gasteiger partial charge in [0, 0.05) is 12.8 Å². The average molecular weight is 364 g/mol. The highest BCUT2D eigenvalue weighted by molar-refractivity contribution is 6.03. The molecule has 0 atom stereocenters. The number of hydrogen-bond acceptors (Lipinski definition) is 4. The summed E-state index contributed by atoms with van der Waals surface area (Å²) >= 11 is 0. The molecule has 0 fully saturated rings. The molecule has 6 heteroatoms. The molecule has 3 aromatic rings. The summed E-state index contributed by atoms with van der Waals surface area (Å²) < 4.78 is 6.93. The van der Waals surface area contributed by atoms with Crippen LogP contribution in [0.25, 0.3) is 5.69 Å². The van der Waals surface area contributed by atoms with Crippen molar-refractivity contribution in [1.82, 2.24) is 15.0 Å². The Labute approximate surface area is 159 Å². The number of rotatable bonds is 6. The predicted molar refractivity (Wildman–Crippen MR) is 105 cm³/mol. The van der Waals surface area contributed by atoms with Crippen LogP contribution in [-0.4, -0.2) is 28.0 Å². The van der Waals surface area contributed by atoms with Crippen molar-refractivity contribution in [3.05, 3.63) is 71.0 Å². The van der Waals surface area contributed by atoms with Gasteiger partial charge < -0.3 is 10.1 Å². The minimum atomic E-state index is -0.307. The summed E-state index contributed by atoms with van der Waals surface area (Å²) in [5, 5.41) is 11.2. The number of carbonyl (C=O) groups is 1. The van der Waals surface area contributed by atoms with E-state index in [2.05, 4.69) is 29.5 Å². The van der Waals surface area contributed by atoms with Crippen LogP contribution in [0.5, 0.6) is 0 Å². The standard InChI is InChI=1S/C21H24N4O2/c1-14(2)16-8-10-17(11-9-16)22-21(26)20-19(13-27-4)25(24-23-20)18-7-5-6-15(3)12-18/h5-12,14H,13H2,1-4H3,(H,22,26). The quantitative estimate of drug-likeness (QED) is 0.715. The Morgan fingerprint density at radius 3 is 2.56 bits per heavy atom. The topological polar surface area (TPSA) is 69.0 Å². The Morgan fingerprint density at radius 2 is 1.93 bits per heavy atom. The van der Waals surface area contributed by atoms with Gasteiger partial charge in [-0.25, -0.2) is 4.68 Å². The van der Waals surface area contributed by atoms with E-state index >= 15 is 0 Å². The number of aryl methyl sites for hydroxylation is 1. The van der Waals surface area contributed by atoms with Crippen molar-refractivity contribution in [3.8, 4) is 5.69 Å². The van der Waals surface area contributed by atoms with Crippen molar-refractivity contribution in [2.45, 2.75) is 33.3 Å². The molecule has 3 rings (SSSR count). The summed E-state index contributed by atoms with van der Waals surface area (Å²) in [4.78, 5) is 12.8. The molecule has 0 radical (unpaired) electrons. The summed E-state index contributed by atoms with van der Waals surface area (Å²) in [6.07, 6.45) is 0. The van der Waals surface area contributed by atoms with E-state index in [4.69, 9.17) is 4.74 Å². The molecule has 0 bridgehead atoms. The van der Waals surface area contributed by atoms with Gasteiger partial charge in [0.15, 0.2) is 5.69 Å². The third-order valence-corrected chi connectivity index (χ3v) is 4.34. The van der Waals surface area contributed by atoms with Crippen LogP contribution in [-0.2, 0) is 11.3 Å². The third-order valence-electron chi connectivity index (χ3n) is 4.34. The molecule has 1 heterocycles. The second-order valence-corrected chi connectivity index (χ2v) is 6.80. The van der Waals surface area contributed by atoms with Crippen LogP contribution in [0.3, 0.4) is 0 Å². The summed E-state index contributed by atoms with van der Waals surface area (Å²) in [5.74, 6) is 0.135. The van der Waals surface area contributed by atoms with Gasteiger partial charge in [0.1, 0.15) is 5.69 Å². The molecule has 0 aliphatic heterocycles. The molecular formula is C21H24N4O2. The molecule has 0 aliphatic rings. The van der Waals surface area contributed by atoms with E-state index < -0.39 is 0 Å². The molecule has 6 nitrogen and oxygen atoms in total. The molecule has 2 aromatic carbocycles. The van der Waals surface area contributed by atoms with Crippen LogP contribution in [0.15, 0.2) is 48.5 Å². The molecule has 0 aliphatic carbocycles. The zero-order valence-electron chi connectivity index (χ0n) is 16.1. The summed E-state index contributed by atoms with van der Waals surface area (Å²) in [6.45, 7) is 6.50. The monoisotopic (exact) mass is 364 g/mol. The molecular weight excluding hydrogens is 340 g/mol. The lowest BCUT2D eigenvalue weighted by Crippen LogP contribution is -2.16. The van der Waals surface area contributed by atoms with Crippen molar-refractivity contribution < 1.29 is 9.53 Å². The van der Waals surface area contributed by atoms with Gasteiger partial charge >= 0.3 is 0 Å². The van der Waals surface area contributed by atoms with Crippen LogP contribution in [0.1, 0.15) is 47.1 Å².